The second-order valence-electron chi connectivity index (χ2n) is 6.02. The number of aryl methyl sites for hydroxylation is 1. The van der Waals surface area contributed by atoms with E-state index in [1.165, 1.54) is 0 Å². The van der Waals surface area contributed by atoms with E-state index in [0.29, 0.717) is 25.3 Å². The Morgan fingerprint density at radius 2 is 2.13 bits per heavy atom. The molecule has 0 spiro atoms. The minimum atomic E-state index is -0.976. The molecule has 0 radical (unpaired) electrons. The quantitative estimate of drug-likeness (QED) is 0.935. The van der Waals surface area contributed by atoms with Crippen molar-refractivity contribution in [2.24, 2.45) is 0 Å². The predicted molar refractivity (Wildman–Crippen MR) is 91.5 cm³/mol. The summed E-state index contributed by atoms with van der Waals surface area (Å²) in [5.74, 6) is 1.75. The van der Waals surface area contributed by atoms with Crippen molar-refractivity contribution in [3.05, 3.63) is 59.0 Å². The molecule has 0 unspecified atom stereocenters. The lowest BCUT2D eigenvalue weighted by Crippen LogP contribution is -2.34. The van der Waals surface area contributed by atoms with E-state index in [2.05, 4.69) is 0 Å². The second kappa shape index (κ2) is 6.42. The van der Waals surface area contributed by atoms with E-state index < -0.39 is 5.60 Å². The van der Waals surface area contributed by atoms with Crippen LogP contribution >= 0.6 is 11.8 Å². The Bertz CT molecular complexity index is 712. The molecule has 0 bridgehead atoms. The third-order valence-corrected chi connectivity index (χ3v) is 4.91. The van der Waals surface area contributed by atoms with Crippen LogP contribution < -0.4 is 0 Å². The number of carbonyl (C=O) groups is 1. The van der Waals surface area contributed by atoms with Gasteiger partial charge >= 0.3 is 0 Å². The summed E-state index contributed by atoms with van der Waals surface area (Å²) in [4.78, 5) is 14.3. The Morgan fingerprint density at radius 3 is 2.87 bits per heavy atom. The maximum Gasteiger partial charge on any atom is 0.289 e. The van der Waals surface area contributed by atoms with E-state index in [9.17, 15) is 9.90 Å². The number of hydrogen-bond donors (Lipinski definition) is 1. The fourth-order valence-electron chi connectivity index (χ4n) is 3.15. The first-order chi connectivity index (χ1) is 11.0. The molecule has 122 valence electrons. The summed E-state index contributed by atoms with van der Waals surface area (Å²) < 4.78 is 5.60. The van der Waals surface area contributed by atoms with Gasteiger partial charge in [-0.2, -0.15) is 11.8 Å². The summed E-state index contributed by atoms with van der Waals surface area (Å²) in [7, 11) is 0. The van der Waals surface area contributed by atoms with Crippen molar-refractivity contribution in [1.29, 1.82) is 0 Å². The first-order valence-corrected chi connectivity index (χ1v) is 9.08. The number of furan rings is 1. The van der Waals surface area contributed by atoms with Crippen LogP contribution in [0.1, 0.15) is 33.9 Å². The van der Waals surface area contributed by atoms with Crippen molar-refractivity contribution in [1.82, 2.24) is 4.90 Å². The molecule has 1 amide bonds. The number of carbonyl (C=O) groups excluding carboxylic acids is 1. The Balaban J connectivity index is 1.76. The number of thioether (sulfide) groups is 1. The van der Waals surface area contributed by atoms with Crippen molar-refractivity contribution in [3.63, 3.8) is 0 Å². The van der Waals surface area contributed by atoms with Crippen LogP contribution in [0, 0.1) is 6.92 Å². The highest BCUT2D eigenvalue weighted by Crippen LogP contribution is 2.34. The molecule has 1 saturated heterocycles. The smallest absolute Gasteiger partial charge is 0.289 e. The van der Waals surface area contributed by atoms with Crippen molar-refractivity contribution >= 4 is 17.7 Å². The predicted octanol–water partition coefficient (Wildman–Crippen LogP) is 3.18. The molecule has 2 heterocycles. The number of β-amino-alcohol motifs (C(OH)–C–C–N with tert-alkyl or cyclic N) is 1. The lowest BCUT2D eigenvalue weighted by molar-refractivity contribution is 0.0402. The average molecular weight is 331 g/mol. The number of amides is 1. The molecule has 1 aromatic heterocycles. The Hall–Kier alpha value is -1.72. The zero-order chi connectivity index (χ0) is 16.4. The third kappa shape index (κ3) is 3.16. The number of hydrogen-bond acceptors (Lipinski definition) is 4. The topological polar surface area (TPSA) is 53.7 Å². The normalized spacial score (nSPS) is 20.9. The van der Waals surface area contributed by atoms with Gasteiger partial charge in [-0.05, 0) is 42.9 Å². The van der Waals surface area contributed by atoms with Crippen LogP contribution in [-0.4, -0.2) is 35.3 Å². The summed E-state index contributed by atoms with van der Waals surface area (Å²) in [6.07, 6.45) is 2.54. The Labute approximate surface area is 140 Å². The van der Waals surface area contributed by atoms with Crippen LogP contribution in [0.3, 0.4) is 0 Å². The maximum absolute atomic E-state index is 12.6. The van der Waals surface area contributed by atoms with Crippen LogP contribution in [0.15, 0.2) is 40.8 Å². The number of nitrogens with zero attached hydrogens (tertiary/aromatic N) is 1. The van der Waals surface area contributed by atoms with Crippen molar-refractivity contribution in [2.75, 3.05) is 19.3 Å². The van der Waals surface area contributed by atoms with E-state index in [0.717, 1.165) is 22.6 Å². The van der Waals surface area contributed by atoms with Gasteiger partial charge in [-0.25, -0.2) is 0 Å². The molecule has 23 heavy (non-hydrogen) atoms. The van der Waals surface area contributed by atoms with Crippen molar-refractivity contribution in [3.8, 4) is 0 Å². The van der Waals surface area contributed by atoms with E-state index >= 15 is 0 Å². The van der Waals surface area contributed by atoms with Crippen LogP contribution in [0.5, 0.6) is 0 Å². The van der Waals surface area contributed by atoms with E-state index in [1.807, 2.05) is 43.5 Å². The summed E-state index contributed by atoms with van der Waals surface area (Å²) in [6.45, 7) is 2.82. The number of aliphatic hydroxyl groups is 1. The van der Waals surface area contributed by atoms with Crippen LogP contribution in [0.25, 0.3) is 0 Å². The molecule has 1 N–H and O–H groups in total. The molecule has 5 heteroatoms. The van der Waals surface area contributed by atoms with Crippen LogP contribution in [0.4, 0.5) is 0 Å². The Kier molecular flexibility index (Phi) is 4.50. The molecule has 0 saturated carbocycles. The van der Waals surface area contributed by atoms with Gasteiger partial charge in [0.15, 0.2) is 5.76 Å². The molecular weight excluding hydrogens is 310 g/mol. The largest absolute Gasteiger partial charge is 0.455 e. The SMILES string of the molecule is CSCc1ccc(C(=O)N2CC[C@@](O)(c3ccccc3C)C2)o1. The molecule has 1 aliphatic rings. The van der Waals surface area contributed by atoms with E-state index in [1.54, 1.807) is 22.7 Å². The first-order valence-electron chi connectivity index (χ1n) is 7.69. The average Bonchev–Trinajstić information content (AvgIpc) is 3.15. The van der Waals surface area contributed by atoms with Gasteiger partial charge in [-0.1, -0.05) is 24.3 Å². The molecule has 1 atom stereocenters. The van der Waals surface area contributed by atoms with E-state index in [-0.39, 0.29) is 5.91 Å². The van der Waals surface area contributed by atoms with Gasteiger partial charge in [0.2, 0.25) is 0 Å². The lowest BCUT2D eigenvalue weighted by atomic mass is 9.89. The summed E-state index contributed by atoms with van der Waals surface area (Å²) >= 11 is 1.65. The fourth-order valence-corrected chi connectivity index (χ4v) is 3.59. The van der Waals surface area contributed by atoms with Gasteiger partial charge < -0.3 is 14.4 Å². The highest BCUT2D eigenvalue weighted by Gasteiger charge is 2.41. The lowest BCUT2D eigenvalue weighted by Gasteiger charge is -2.25. The van der Waals surface area contributed by atoms with E-state index in [4.69, 9.17) is 4.42 Å². The van der Waals surface area contributed by atoms with Gasteiger partial charge in [0, 0.05) is 6.54 Å². The molecule has 1 aromatic carbocycles. The molecule has 0 aliphatic carbocycles. The van der Waals surface area contributed by atoms with Gasteiger partial charge in [-0.3, -0.25) is 4.79 Å². The molecule has 1 aliphatic heterocycles. The van der Waals surface area contributed by atoms with Crippen LogP contribution in [0.2, 0.25) is 0 Å². The monoisotopic (exact) mass is 331 g/mol. The standard InChI is InChI=1S/C18H21NO3S/c1-13-5-3-4-6-15(13)18(21)9-10-19(12-18)17(20)16-8-7-14(22-16)11-23-2/h3-8,21H,9-12H2,1-2H3/t18-/m0/s1. The van der Waals surface area contributed by atoms with Gasteiger partial charge in [-0.15, -0.1) is 0 Å². The molecule has 3 rings (SSSR count). The minimum absolute atomic E-state index is 0.151. The second-order valence-corrected chi connectivity index (χ2v) is 6.89. The van der Waals surface area contributed by atoms with Crippen molar-refractivity contribution < 1.29 is 14.3 Å². The molecular formula is C18H21NO3S. The molecule has 2 aromatic rings. The third-order valence-electron chi connectivity index (χ3n) is 4.34. The first kappa shape index (κ1) is 16.1. The highest BCUT2D eigenvalue weighted by molar-refractivity contribution is 7.97. The van der Waals surface area contributed by atoms with Crippen LogP contribution in [-0.2, 0) is 11.4 Å². The molecule has 1 fully saturated rings. The molecule has 4 nitrogen and oxygen atoms in total. The van der Waals surface area contributed by atoms with Gasteiger partial charge in [0.25, 0.3) is 5.91 Å². The summed E-state index contributed by atoms with van der Waals surface area (Å²) in [5.41, 5.74) is 0.970. The highest BCUT2D eigenvalue weighted by atomic mass is 32.2. The van der Waals surface area contributed by atoms with Gasteiger partial charge in [0.05, 0.1) is 12.3 Å². The zero-order valence-electron chi connectivity index (χ0n) is 13.4. The van der Waals surface area contributed by atoms with Crippen molar-refractivity contribution in [2.45, 2.75) is 24.7 Å². The summed E-state index contributed by atoms with van der Waals surface area (Å²) in [5, 5.41) is 11.0. The zero-order valence-corrected chi connectivity index (χ0v) is 14.2. The fraction of sp³-hybridized carbons (Fsp3) is 0.389. The number of likely N-dealkylation sites (tertiary alicyclic amines) is 1. The number of rotatable bonds is 4. The maximum atomic E-state index is 12.6. The minimum Gasteiger partial charge on any atom is -0.455 e. The van der Waals surface area contributed by atoms with Gasteiger partial charge in [0.1, 0.15) is 11.4 Å². The summed E-state index contributed by atoms with van der Waals surface area (Å²) in [6, 6.07) is 11.4. The number of benzene rings is 1. The Morgan fingerprint density at radius 1 is 1.35 bits per heavy atom.